The molecule has 0 fully saturated rings. The lowest BCUT2D eigenvalue weighted by Gasteiger charge is -2.22. The van der Waals surface area contributed by atoms with Crippen LogP contribution in [0.15, 0.2) is 0 Å². The van der Waals surface area contributed by atoms with Crippen molar-refractivity contribution in [3.63, 3.8) is 0 Å². The van der Waals surface area contributed by atoms with Crippen molar-refractivity contribution in [1.82, 2.24) is 5.32 Å². The first kappa shape index (κ1) is 11.5. The van der Waals surface area contributed by atoms with Gasteiger partial charge in [-0.1, -0.05) is 20.3 Å². The molecule has 12 heavy (non-hydrogen) atoms. The van der Waals surface area contributed by atoms with Crippen molar-refractivity contribution < 1.29 is 0 Å². The minimum atomic E-state index is 0.420. The Kier molecular flexibility index (Phi) is 6.84. The number of nitrogens with two attached hydrogens (primary N) is 1. The van der Waals surface area contributed by atoms with Gasteiger partial charge in [0.2, 0.25) is 0 Å². The third-order valence-corrected chi connectivity index (χ3v) is 2.26. The molecule has 0 radical (unpaired) electrons. The Morgan fingerprint density at radius 2 is 2.25 bits per heavy atom. The second-order valence-electron chi connectivity index (χ2n) is 3.14. The van der Waals surface area contributed by atoms with E-state index >= 15 is 0 Å². The van der Waals surface area contributed by atoms with Crippen LogP contribution < -0.4 is 11.1 Å². The topological polar surface area (TPSA) is 38.0 Å². The summed E-state index contributed by atoms with van der Waals surface area (Å²) in [4.78, 5) is 0. The fraction of sp³-hybridized carbons (Fsp3) is 0.800. The highest BCUT2D eigenvalue weighted by Gasteiger charge is 2.11. The van der Waals surface area contributed by atoms with E-state index in [4.69, 9.17) is 12.2 Å². The molecule has 0 aromatic rings. The van der Waals surface area contributed by atoms with Gasteiger partial charge in [0.05, 0.1) is 0 Å². The van der Waals surface area contributed by atoms with Crippen molar-refractivity contribution in [2.75, 3.05) is 13.1 Å². The van der Waals surface area contributed by atoms with E-state index in [1.54, 1.807) is 0 Å². The largest absolute Gasteiger partial charge is 0.329 e. The predicted octanol–water partition coefficient (Wildman–Crippen LogP) is 0.973. The summed E-state index contributed by atoms with van der Waals surface area (Å²) in [5.74, 6) is 3.23. The van der Waals surface area contributed by atoms with Crippen LogP contribution in [0.2, 0.25) is 0 Å². The summed E-state index contributed by atoms with van der Waals surface area (Å²) in [6, 6.07) is 0.420. The van der Waals surface area contributed by atoms with Gasteiger partial charge in [0.25, 0.3) is 0 Å². The van der Waals surface area contributed by atoms with Crippen molar-refractivity contribution in [2.45, 2.75) is 32.7 Å². The molecular weight excluding hydrogens is 148 g/mol. The molecule has 0 aliphatic heterocycles. The lowest BCUT2D eigenvalue weighted by molar-refractivity contribution is 0.376. The summed E-state index contributed by atoms with van der Waals surface area (Å²) in [7, 11) is 0. The third-order valence-electron chi connectivity index (χ3n) is 2.26. The molecule has 2 unspecified atom stereocenters. The Labute approximate surface area is 75.9 Å². The molecule has 0 spiro atoms. The molecule has 0 bridgehead atoms. The fourth-order valence-corrected chi connectivity index (χ4v) is 1.13. The summed E-state index contributed by atoms with van der Waals surface area (Å²) >= 11 is 0. The van der Waals surface area contributed by atoms with E-state index in [1.165, 1.54) is 0 Å². The zero-order chi connectivity index (χ0) is 9.40. The first-order valence-electron chi connectivity index (χ1n) is 4.63. The summed E-state index contributed by atoms with van der Waals surface area (Å²) in [5, 5.41) is 3.35. The molecule has 3 N–H and O–H groups in total. The van der Waals surface area contributed by atoms with Gasteiger partial charge in [0.1, 0.15) is 0 Å². The van der Waals surface area contributed by atoms with E-state index in [-0.39, 0.29) is 0 Å². The number of nitrogens with one attached hydrogen (secondary N) is 1. The standard InChI is InChI=1S/C10H20N2/c1-4-6-7-12-10(8-11)9(3)5-2/h1,9-10,12H,5-8,11H2,2-3H3. The van der Waals surface area contributed by atoms with Gasteiger partial charge in [0.15, 0.2) is 0 Å². The summed E-state index contributed by atoms with van der Waals surface area (Å²) in [6.07, 6.45) is 7.09. The van der Waals surface area contributed by atoms with Crippen LogP contribution in [-0.4, -0.2) is 19.1 Å². The maximum absolute atomic E-state index is 5.62. The van der Waals surface area contributed by atoms with Crippen molar-refractivity contribution in [1.29, 1.82) is 0 Å². The second kappa shape index (κ2) is 7.15. The van der Waals surface area contributed by atoms with Crippen LogP contribution in [0.25, 0.3) is 0 Å². The monoisotopic (exact) mass is 168 g/mol. The van der Waals surface area contributed by atoms with Gasteiger partial charge in [-0.05, 0) is 5.92 Å². The smallest absolute Gasteiger partial charge is 0.0216 e. The lowest BCUT2D eigenvalue weighted by atomic mass is 9.99. The minimum Gasteiger partial charge on any atom is -0.329 e. The number of hydrogen-bond donors (Lipinski definition) is 2. The Bertz CT molecular complexity index is 137. The van der Waals surface area contributed by atoms with Crippen molar-refractivity contribution in [3.05, 3.63) is 0 Å². The molecule has 0 aliphatic rings. The van der Waals surface area contributed by atoms with Gasteiger partial charge in [-0.3, -0.25) is 0 Å². The number of rotatable bonds is 6. The maximum Gasteiger partial charge on any atom is 0.0216 e. The Morgan fingerprint density at radius 1 is 1.58 bits per heavy atom. The fourth-order valence-electron chi connectivity index (χ4n) is 1.13. The molecule has 0 aromatic carbocycles. The molecule has 0 rings (SSSR count). The van der Waals surface area contributed by atoms with Crippen LogP contribution >= 0.6 is 0 Å². The van der Waals surface area contributed by atoms with Gasteiger partial charge in [-0.15, -0.1) is 12.3 Å². The first-order valence-corrected chi connectivity index (χ1v) is 4.63. The second-order valence-corrected chi connectivity index (χ2v) is 3.14. The highest BCUT2D eigenvalue weighted by atomic mass is 14.9. The molecule has 2 atom stereocenters. The molecular formula is C10H20N2. The first-order chi connectivity index (χ1) is 5.76. The zero-order valence-electron chi connectivity index (χ0n) is 8.14. The van der Waals surface area contributed by atoms with Gasteiger partial charge >= 0.3 is 0 Å². The van der Waals surface area contributed by atoms with E-state index in [9.17, 15) is 0 Å². The number of hydrogen-bond acceptors (Lipinski definition) is 2. The van der Waals surface area contributed by atoms with E-state index in [1.807, 2.05) is 0 Å². The summed E-state index contributed by atoms with van der Waals surface area (Å²) in [5.41, 5.74) is 5.62. The van der Waals surface area contributed by atoms with Gasteiger partial charge < -0.3 is 11.1 Å². The Morgan fingerprint density at radius 3 is 2.67 bits per heavy atom. The van der Waals surface area contributed by atoms with Crippen LogP contribution in [0, 0.1) is 18.3 Å². The highest BCUT2D eigenvalue weighted by molar-refractivity contribution is 4.85. The zero-order valence-corrected chi connectivity index (χ0v) is 8.14. The minimum absolute atomic E-state index is 0.420. The van der Waals surface area contributed by atoms with E-state index in [0.717, 1.165) is 19.4 Å². The molecule has 70 valence electrons. The Balaban J connectivity index is 3.61. The average molecular weight is 168 g/mol. The van der Waals surface area contributed by atoms with Crippen molar-refractivity contribution in [2.24, 2.45) is 11.7 Å². The molecule has 0 saturated heterocycles. The molecule has 0 amide bonds. The van der Waals surface area contributed by atoms with Crippen LogP contribution in [0.1, 0.15) is 26.7 Å². The molecule has 0 aromatic heterocycles. The van der Waals surface area contributed by atoms with Crippen LogP contribution in [0.5, 0.6) is 0 Å². The van der Waals surface area contributed by atoms with E-state index < -0.39 is 0 Å². The van der Waals surface area contributed by atoms with Gasteiger partial charge in [-0.2, -0.15) is 0 Å². The Hall–Kier alpha value is -0.520. The SMILES string of the molecule is C#CCCNC(CN)C(C)CC. The average Bonchev–Trinajstić information content (AvgIpc) is 2.11. The molecule has 0 heterocycles. The third kappa shape index (κ3) is 4.38. The maximum atomic E-state index is 5.62. The lowest BCUT2D eigenvalue weighted by Crippen LogP contribution is -2.41. The quantitative estimate of drug-likeness (QED) is 0.458. The molecule has 2 nitrogen and oxygen atoms in total. The van der Waals surface area contributed by atoms with Crippen molar-refractivity contribution in [3.8, 4) is 12.3 Å². The van der Waals surface area contributed by atoms with Gasteiger partial charge in [0, 0.05) is 25.6 Å². The van der Waals surface area contributed by atoms with E-state index in [0.29, 0.717) is 18.5 Å². The van der Waals surface area contributed by atoms with E-state index in [2.05, 4.69) is 25.1 Å². The van der Waals surface area contributed by atoms with Crippen LogP contribution in [0.4, 0.5) is 0 Å². The number of terminal acetylenes is 1. The molecule has 0 aliphatic carbocycles. The molecule has 2 heteroatoms. The molecule has 0 saturated carbocycles. The van der Waals surface area contributed by atoms with Crippen LogP contribution in [-0.2, 0) is 0 Å². The van der Waals surface area contributed by atoms with Gasteiger partial charge in [-0.25, -0.2) is 0 Å². The summed E-state index contributed by atoms with van der Waals surface area (Å²) in [6.45, 7) is 5.96. The summed E-state index contributed by atoms with van der Waals surface area (Å²) < 4.78 is 0. The normalized spacial score (nSPS) is 15.2. The van der Waals surface area contributed by atoms with Crippen LogP contribution in [0.3, 0.4) is 0 Å². The predicted molar refractivity (Wildman–Crippen MR) is 53.8 cm³/mol. The van der Waals surface area contributed by atoms with Crippen molar-refractivity contribution >= 4 is 0 Å². The highest BCUT2D eigenvalue weighted by Crippen LogP contribution is 2.05.